The van der Waals surface area contributed by atoms with Gasteiger partial charge in [0.05, 0.1) is 11.4 Å². The van der Waals surface area contributed by atoms with Crippen molar-refractivity contribution in [3.63, 3.8) is 0 Å². The molecule has 116 valence electrons. The number of hydrogen-bond acceptors (Lipinski definition) is 4. The van der Waals surface area contributed by atoms with E-state index < -0.39 is 0 Å². The number of amides is 2. The SMILES string of the molecule is Cc1ccsc1C(=O)N1CCN(CC(=O)NC(C)C)CC1. The Hall–Kier alpha value is -1.40. The molecule has 2 rings (SSSR count). The van der Waals surface area contributed by atoms with Crippen LogP contribution in [0.2, 0.25) is 0 Å². The maximum absolute atomic E-state index is 12.4. The van der Waals surface area contributed by atoms with Crippen LogP contribution in [0.3, 0.4) is 0 Å². The molecule has 1 N–H and O–H groups in total. The van der Waals surface area contributed by atoms with Crippen molar-refractivity contribution in [2.75, 3.05) is 32.7 Å². The third kappa shape index (κ3) is 4.28. The van der Waals surface area contributed by atoms with E-state index in [0.29, 0.717) is 19.6 Å². The second kappa shape index (κ2) is 7.04. The number of aryl methyl sites for hydroxylation is 1. The van der Waals surface area contributed by atoms with Gasteiger partial charge in [-0.3, -0.25) is 14.5 Å². The average Bonchev–Trinajstić information content (AvgIpc) is 2.84. The third-order valence-corrected chi connectivity index (χ3v) is 4.54. The standard InChI is InChI=1S/C15H23N3O2S/c1-11(2)16-13(19)10-17-5-7-18(8-6-17)15(20)14-12(3)4-9-21-14/h4,9,11H,5-8,10H2,1-3H3,(H,16,19). The number of nitrogens with one attached hydrogen (secondary N) is 1. The first-order chi connectivity index (χ1) is 9.97. The number of carbonyl (C=O) groups is 2. The summed E-state index contributed by atoms with van der Waals surface area (Å²) in [6.07, 6.45) is 0. The lowest BCUT2D eigenvalue weighted by Crippen LogP contribution is -2.51. The molecule has 0 unspecified atom stereocenters. The number of nitrogens with zero attached hydrogens (tertiary/aromatic N) is 2. The zero-order valence-corrected chi connectivity index (χ0v) is 13.7. The Morgan fingerprint density at radius 2 is 1.95 bits per heavy atom. The molecule has 0 aromatic carbocycles. The van der Waals surface area contributed by atoms with Crippen LogP contribution in [-0.4, -0.2) is 60.4 Å². The van der Waals surface area contributed by atoms with Crippen LogP contribution in [0.1, 0.15) is 29.1 Å². The van der Waals surface area contributed by atoms with Gasteiger partial charge in [0.2, 0.25) is 5.91 Å². The molecule has 1 aromatic rings. The van der Waals surface area contributed by atoms with Gasteiger partial charge in [-0.25, -0.2) is 0 Å². The minimum absolute atomic E-state index is 0.0545. The summed E-state index contributed by atoms with van der Waals surface area (Å²) in [5, 5.41) is 4.85. The lowest BCUT2D eigenvalue weighted by atomic mass is 10.2. The van der Waals surface area contributed by atoms with Crippen molar-refractivity contribution in [2.24, 2.45) is 0 Å². The molecule has 0 radical (unpaired) electrons. The van der Waals surface area contributed by atoms with Crippen molar-refractivity contribution in [2.45, 2.75) is 26.8 Å². The highest BCUT2D eigenvalue weighted by Gasteiger charge is 2.24. The van der Waals surface area contributed by atoms with Gasteiger partial charge in [-0.15, -0.1) is 11.3 Å². The second-order valence-electron chi connectivity index (χ2n) is 5.72. The summed E-state index contributed by atoms with van der Waals surface area (Å²) in [4.78, 5) is 29.0. The van der Waals surface area contributed by atoms with E-state index in [1.54, 1.807) is 0 Å². The predicted octanol–water partition coefficient (Wildman–Crippen LogP) is 1.34. The van der Waals surface area contributed by atoms with Crippen molar-refractivity contribution < 1.29 is 9.59 Å². The molecule has 1 aliphatic heterocycles. The van der Waals surface area contributed by atoms with E-state index >= 15 is 0 Å². The number of rotatable bonds is 4. The Morgan fingerprint density at radius 1 is 1.29 bits per heavy atom. The van der Waals surface area contributed by atoms with Crippen molar-refractivity contribution in [3.05, 3.63) is 21.9 Å². The van der Waals surface area contributed by atoms with E-state index in [-0.39, 0.29) is 17.9 Å². The van der Waals surface area contributed by atoms with Gasteiger partial charge in [-0.05, 0) is 37.8 Å². The molecule has 6 heteroatoms. The molecule has 2 heterocycles. The molecule has 2 amide bonds. The smallest absolute Gasteiger partial charge is 0.264 e. The maximum Gasteiger partial charge on any atom is 0.264 e. The quantitative estimate of drug-likeness (QED) is 0.913. The first-order valence-electron chi connectivity index (χ1n) is 7.32. The summed E-state index contributed by atoms with van der Waals surface area (Å²) < 4.78 is 0. The molecule has 21 heavy (non-hydrogen) atoms. The molecule has 1 aliphatic rings. The van der Waals surface area contributed by atoms with Crippen LogP contribution in [0.15, 0.2) is 11.4 Å². The van der Waals surface area contributed by atoms with Gasteiger partial charge in [-0.1, -0.05) is 0 Å². The minimum atomic E-state index is 0.0545. The van der Waals surface area contributed by atoms with Gasteiger partial charge in [0.25, 0.3) is 5.91 Å². The summed E-state index contributed by atoms with van der Waals surface area (Å²) >= 11 is 1.50. The third-order valence-electron chi connectivity index (χ3n) is 3.53. The predicted molar refractivity (Wildman–Crippen MR) is 84.7 cm³/mol. The zero-order valence-electron chi connectivity index (χ0n) is 12.9. The molecule has 0 atom stereocenters. The summed E-state index contributed by atoms with van der Waals surface area (Å²) in [5.41, 5.74) is 1.05. The lowest BCUT2D eigenvalue weighted by molar-refractivity contribution is -0.123. The first kappa shape index (κ1) is 16.0. The second-order valence-corrected chi connectivity index (χ2v) is 6.64. The molecule has 5 nitrogen and oxygen atoms in total. The van der Waals surface area contributed by atoms with Gasteiger partial charge >= 0.3 is 0 Å². The monoisotopic (exact) mass is 309 g/mol. The Balaban J connectivity index is 1.82. The van der Waals surface area contributed by atoms with Crippen LogP contribution >= 0.6 is 11.3 Å². The summed E-state index contributed by atoms with van der Waals surface area (Å²) in [5.74, 6) is 0.174. The molecule has 1 fully saturated rings. The molecule has 1 saturated heterocycles. The Morgan fingerprint density at radius 3 is 2.48 bits per heavy atom. The van der Waals surface area contributed by atoms with Crippen LogP contribution in [-0.2, 0) is 4.79 Å². The van der Waals surface area contributed by atoms with Gasteiger partial charge in [0.15, 0.2) is 0 Å². The zero-order chi connectivity index (χ0) is 15.4. The highest BCUT2D eigenvalue weighted by atomic mass is 32.1. The molecule has 0 bridgehead atoms. The van der Waals surface area contributed by atoms with E-state index in [4.69, 9.17) is 0 Å². The van der Waals surface area contributed by atoms with Gasteiger partial charge < -0.3 is 10.2 Å². The molecular weight excluding hydrogens is 286 g/mol. The number of thiophene rings is 1. The average molecular weight is 309 g/mol. The Bertz CT molecular complexity index is 505. The van der Waals surface area contributed by atoms with E-state index in [2.05, 4.69) is 10.2 Å². The van der Waals surface area contributed by atoms with Crippen molar-refractivity contribution in [1.82, 2.24) is 15.1 Å². The number of carbonyl (C=O) groups excluding carboxylic acids is 2. The molecular formula is C15H23N3O2S. The fraction of sp³-hybridized carbons (Fsp3) is 0.600. The van der Waals surface area contributed by atoms with Crippen LogP contribution in [0.25, 0.3) is 0 Å². The highest BCUT2D eigenvalue weighted by molar-refractivity contribution is 7.12. The Kier molecular flexibility index (Phi) is 5.36. The van der Waals surface area contributed by atoms with Crippen LogP contribution in [0.4, 0.5) is 0 Å². The topological polar surface area (TPSA) is 52.7 Å². The van der Waals surface area contributed by atoms with Crippen molar-refractivity contribution in [1.29, 1.82) is 0 Å². The highest BCUT2D eigenvalue weighted by Crippen LogP contribution is 2.18. The fourth-order valence-corrected chi connectivity index (χ4v) is 3.31. The van der Waals surface area contributed by atoms with E-state index in [1.165, 1.54) is 11.3 Å². The van der Waals surface area contributed by atoms with Crippen molar-refractivity contribution in [3.8, 4) is 0 Å². The molecule has 0 spiro atoms. The first-order valence-corrected chi connectivity index (χ1v) is 8.20. The fourth-order valence-electron chi connectivity index (χ4n) is 2.42. The lowest BCUT2D eigenvalue weighted by Gasteiger charge is -2.34. The van der Waals surface area contributed by atoms with Crippen LogP contribution < -0.4 is 5.32 Å². The van der Waals surface area contributed by atoms with Gasteiger partial charge in [-0.2, -0.15) is 0 Å². The van der Waals surface area contributed by atoms with Crippen LogP contribution in [0.5, 0.6) is 0 Å². The van der Waals surface area contributed by atoms with Gasteiger partial charge in [0.1, 0.15) is 0 Å². The van der Waals surface area contributed by atoms with Crippen LogP contribution in [0, 0.1) is 6.92 Å². The summed E-state index contributed by atoms with van der Waals surface area (Å²) in [7, 11) is 0. The molecule has 1 aromatic heterocycles. The minimum Gasteiger partial charge on any atom is -0.353 e. The normalized spacial score (nSPS) is 16.3. The van der Waals surface area contributed by atoms with E-state index in [9.17, 15) is 9.59 Å². The maximum atomic E-state index is 12.4. The largest absolute Gasteiger partial charge is 0.353 e. The van der Waals surface area contributed by atoms with E-state index in [0.717, 1.165) is 23.5 Å². The molecule has 0 aliphatic carbocycles. The van der Waals surface area contributed by atoms with Crippen molar-refractivity contribution >= 4 is 23.2 Å². The Labute approximate surface area is 129 Å². The van der Waals surface area contributed by atoms with E-state index in [1.807, 2.05) is 37.1 Å². The van der Waals surface area contributed by atoms with Gasteiger partial charge in [0, 0.05) is 32.2 Å². The molecule has 0 saturated carbocycles. The summed E-state index contributed by atoms with van der Waals surface area (Å²) in [6, 6.07) is 2.15. The number of hydrogen-bond donors (Lipinski definition) is 1. The summed E-state index contributed by atoms with van der Waals surface area (Å²) in [6.45, 7) is 9.17. The number of piperazine rings is 1.